The zero-order chi connectivity index (χ0) is 25.1. The molecule has 0 aliphatic heterocycles. The Labute approximate surface area is 213 Å². The molecule has 0 radical (unpaired) electrons. The number of aromatic nitrogens is 4. The molecule has 5 rings (SSSR count). The lowest BCUT2D eigenvalue weighted by Crippen LogP contribution is -2.30. The van der Waals surface area contributed by atoms with Gasteiger partial charge in [-0.2, -0.15) is 0 Å². The van der Waals surface area contributed by atoms with Gasteiger partial charge in [0.1, 0.15) is 0 Å². The van der Waals surface area contributed by atoms with Crippen molar-refractivity contribution >= 4 is 34.3 Å². The standard InChI is InChI=1S/C28H27N5O2S/c1-3-11-22(20-13-5-4-6-14-20)29-25(34)18-36-28-31-30-27-32(23-16-9-7-12-19(23)2)26(35)21-15-8-10-17-24(21)33(27)28/h4-10,12-17,22H,3,11,18H2,1-2H3,(H,29,34). The summed E-state index contributed by atoms with van der Waals surface area (Å²) in [5.74, 6) is 0.533. The summed E-state index contributed by atoms with van der Waals surface area (Å²) < 4.78 is 3.46. The first-order valence-electron chi connectivity index (χ1n) is 12.0. The van der Waals surface area contributed by atoms with Crippen molar-refractivity contribution in [3.8, 4) is 5.69 Å². The lowest BCUT2D eigenvalue weighted by atomic mass is 10.0. The average molecular weight is 498 g/mol. The molecule has 0 saturated carbocycles. The van der Waals surface area contributed by atoms with Crippen LogP contribution >= 0.6 is 11.8 Å². The Hall–Kier alpha value is -3.91. The largest absolute Gasteiger partial charge is 0.349 e. The van der Waals surface area contributed by atoms with Crippen molar-refractivity contribution in [2.24, 2.45) is 0 Å². The predicted molar refractivity (Wildman–Crippen MR) is 144 cm³/mol. The summed E-state index contributed by atoms with van der Waals surface area (Å²) >= 11 is 1.31. The van der Waals surface area contributed by atoms with E-state index in [1.54, 1.807) is 4.57 Å². The topological polar surface area (TPSA) is 81.3 Å². The first-order chi connectivity index (χ1) is 17.6. The van der Waals surface area contributed by atoms with Gasteiger partial charge >= 0.3 is 0 Å². The van der Waals surface area contributed by atoms with Crippen molar-refractivity contribution in [1.82, 2.24) is 24.5 Å². The molecule has 0 bridgehead atoms. The third-order valence-corrected chi connectivity index (χ3v) is 7.13. The van der Waals surface area contributed by atoms with Crippen LogP contribution in [0.4, 0.5) is 0 Å². The van der Waals surface area contributed by atoms with Gasteiger partial charge in [-0.15, -0.1) is 10.2 Å². The van der Waals surface area contributed by atoms with Crippen LogP contribution in [0.1, 0.15) is 36.9 Å². The number of nitrogens with zero attached hydrogens (tertiary/aromatic N) is 4. The van der Waals surface area contributed by atoms with Gasteiger partial charge < -0.3 is 5.32 Å². The summed E-state index contributed by atoms with van der Waals surface area (Å²) in [5.41, 5.74) is 3.36. The van der Waals surface area contributed by atoms with E-state index in [1.165, 1.54) is 11.8 Å². The highest BCUT2D eigenvalue weighted by Crippen LogP contribution is 2.25. The van der Waals surface area contributed by atoms with Crippen LogP contribution < -0.4 is 10.9 Å². The van der Waals surface area contributed by atoms with Crippen LogP contribution in [0.2, 0.25) is 0 Å². The molecule has 2 aromatic heterocycles. The fourth-order valence-corrected chi connectivity index (χ4v) is 5.22. The maximum absolute atomic E-state index is 13.5. The molecule has 2 heterocycles. The van der Waals surface area contributed by atoms with Crippen molar-refractivity contribution in [1.29, 1.82) is 0 Å². The van der Waals surface area contributed by atoms with Gasteiger partial charge in [0.05, 0.1) is 28.4 Å². The van der Waals surface area contributed by atoms with E-state index in [4.69, 9.17) is 0 Å². The molecule has 0 fully saturated rings. The van der Waals surface area contributed by atoms with Crippen molar-refractivity contribution in [3.63, 3.8) is 0 Å². The molecule has 5 aromatic rings. The number of benzene rings is 3. The highest BCUT2D eigenvalue weighted by molar-refractivity contribution is 7.99. The number of carbonyl (C=O) groups is 1. The fourth-order valence-electron chi connectivity index (χ4n) is 4.47. The molecule has 36 heavy (non-hydrogen) atoms. The summed E-state index contributed by atoms with van der Waals surface area (Å²) in [6.07, 6.45) is 1.83. The number of hydrogen-bond donors (Lipinski definition) is 1. The number of nitrogens with one attached hydrogen (secondary N) is 1. The Balaban J connectivity index is 1.50. The number of fused-ring (bicyclic) bond motifs is 3. The smallest absolute Gasteiger partial charge is 0.267 e. The van der Waals surface area contributed by atoms with Gasteiger partial charge in [-0.25, -0.2) is 4.57 Å². The number of aryl methyl sites for hydroxylation is 1. The minimum absolute atomic E-state index is 0.0356. The lowest BCUT2D eigenvalue weighted by Gasteiger charge is -2.18. The zero-order valence-electron chi connectivity index (χ0n) is 20.2. The zero-order valence-corrected chi connectivity index (χ0v) is 21.0. The second-order valence-corrected chi connectivity index (χ2v) is 9.61. The molecule has 182 valence electrons. The van der Waals surface area contributed by atoms with Gasteiger partial charge in [-0.3, -0.25) is 14.0 Å². The summed E-state index contributed by atoms with van der Waals surface area (Å²) in [7, 11) is 0. The minimum Gasteiger partial charge on any atom is -0.349 e. The molecule has 7 nitrogen and oxygen atoms in total. The highest BCUT2D eigenvalue weighted by Gasteiger charge is 2.20. The number of carbonyl (C=O) groups excluding carboxylic acids is 1. The number of para-hydroxylation sites is 2. The first kappa shape index (κ1) is 23.8. The SMILES string of the molecule is CCCC(NC(=O)CSc1nnc2n(-c3ccccc3C)c(=O)c3ccccc3n12)c1ccccc1. The molecular weight excluding hydrogens is 470 g/mol. The normalized spacial score (nSPS) is 12.2. The number of rotatable bonds is 8. The van der Waals surface area contributed by atoms with Crippen molar-refractivity contribution < 1.29 is 4.79 Å². The maximum Gasteiger partial charge on any atom is 0.267 e. The van der Waals surface area contributed by atoms with Gasteiger partial charge in [0.15, 0.2) is 5.16 Å². The van der Waals surface area contributed by atoms with Crippen LogP contribution in [0.5, 0.6) is 0 Å². The molecule has 0 aliphatic rings. The fraction of sp³-hybridized carbons (Fsp3) is 0.214. The van der Waals surface area contributed by atoms with Crippen LogP contribution in [-0.2, 0) is 4.79 Å². The first-order valence-corrected chi connectivity index (χ1v) is 13.0. The van der Waals surface area contributed by atoms with E-state index in [9.17, 15) is 9.59 Å². The van der Waals surface area contributed by atoms with Gasteiger partial charge in [-0.05, 0) is 42.7 Å². The Morgan fingerprint density at radius 1 is 0.972 bits per heavy atom. The molecule has 1 atom stereocenters. The van der Waals surface area contributed by atoms with E-state index < -0.39 is 0 Å². The molecule has 0 saturated heterocycles. The average Bonchev–Trinajstić information content (AvgIpc) is 3.33. The van der Waals surface area contributed by atoms with E-state index >= 15 is 0 Å². The maximum atomic E-state index is 13.5. The van der Waals surface area contributed by atoms with Crippen LogP contribution in [0, 0.1) is 6.92 Å². The molecular formula is C28H27N5O2S. The van der Waals surface area contributed by atoms with Crippen molar-refractivity contribution in [2.75, 3.05) is 5.75 Å². The molecule has 1 unspecified atom stereocenters. The third kappa shape index (κ3) is 4.52. The Kier molecular flexibility index (Phi) is 6.86. The number of amides is 1. The molecule has 1 amide bonds. The number of hydrogen-bond acceptors (Lipinski definition) is 5. The van der Waals surface area contributed by atoms with Gasteiger partial charge in [-0.1, -0.05) is 85.8 Å². The van der Waals surface area contributed by atoms with Gasteiger partial charge in [0.25, 0.3) is 5.56 Å². The summed E-state index contributed by atoms with van der Waals surface area (Å²) in [6.45, 7) is 4.07. The monoisotopic (exact) mass is 497 g/mol. The minimum atomic E-state index is -0.153. The summed E-state index contributed by atoms with van der Waals surface area (Å²) in [5, 5.41) is 13.1. The van der Waals surface area contributed by atoms with E-state index in [-0.39, 0.29) is 23.3 Å². The van der Waals surface area contributed by atoms with Gasteiger partial charge in [0, 0.05) is 0 Å². The molecule has 1 N–H and O–H groups in total. The summed E-state index contributed by atoms with van der Waals surface area (Å²) in [4.78, 5) is 26.4. The third-order valence-electron chi connectivity index (χ3n) is 6.20. The van der Waals surface area contributed by atoms with E-state index in [1.807, 2.05) is 90.2 Å². The van der Waals surface area contributed by atoms with Gasteiger partial charge in [0.2, 0.25) is 11.7 Å². The molecule has 0 aliphatic carbocycles. The van der Waals surface area contributed by atoms with Crippen molar-refractivity contribution in [2.45, 2.75) is 37.9 Å². The second kappa shape index (κ2) is 10.4. The molecule has 8 heteroatoms. The second-order valence-electron chi connectivity index (χ2n) is 8.67. The summed E-state index contributed by atoms with van der Waals surface area (Å²) in [6, 6.07) is 25.1. The van der Waals surface area contributed by atoms with Crippen molar-refractivity contribution in [3.05, 3.63) is 100 Å². The Morgan fingerprint density at radius 2 is 1.69 bits per heavy atom. The predicted octanol–water partition coefficient (Wildman–Crippen LogP) is 5.09. The van der Waals surface area contributed by atoms with Crippen LogP contribution in [0.15, 0.2) is 88.8 Å². The van der Waals surface area contributed by atoms with Crippen LogP contribution in [0.25, 0.3) is 22.4 Å². The molecule has 0 spiro atoms. The molecule has 3 aromatic carbocycles. The Bertz CT molecular complexity index is 1590. The highest BCUT2D eigenvalue weighted by atomic mass is 32.2. The lowest BCUT2D eigenvalue weighted by molar-refractivity contribution is -0.119. The Morgan fingerprint density at radius 3 is 2.47 bits per heavy atom. The van der Waals surface area contributed by atoms with E-state index in [2.05, 4.69) is 22.4 Å². The van der Waals surface area contributed by atoms with Crippen LogP contribution in [0.3, 0.4) is 0 Å². The quantitative estimate of drug-likeness (QED) is 0.302. The number of thioether (sulfide) groups is 1. The van der Waals surface area contributed by atoms with E-state index in [0.717, 1.165) is 29.7 Å². The van der Waals surface area contributed by atoms with Crippen LogP contribution in [-0.4, -0.2) is 30.8 Å². The van der Waals surface area contributed by atoms with E-state index in [0.29, 0.717) is 21.8 Å².